The molecule has 0 fully saturated rings. The van der Waals surface area contributed by atoms with E-state index in [1.165, 1.54) is 11.4 Å². The number of aliphatic hydroxyl groups is 1. The molecular weight excluding hydrogens is 340 g/mol. The van der Waals surface area contributed by atoms with Crippen molar-refractivity contribution in [2.75, 3.05) is 18.0 Å². The van der Waals surface area contributed by atoms with Gasteiger partial charge in [0.2, 0.25) is 0 Å². The van der Waals surface area contributed by atoms with E-state index in [2.05, 4.69) is 0 Å². The number of hydrogen-bond donors (Lipinski definition) is 2. The highest BCUT2D eigenvalue weighted by molar-refractivity contribution is 7.92. The molecule has 2 aromatic rings. The summed E-state index contributed by atoms with van der Waals surface area (Å²) in [6, 6.07) is 11.2. The van der Waals surface area contributed by atoms with Gasteiger partial charge < -0.3 is 15.6 Å². The van der Waals surface area contributed by atoms with E-state index in [-0.39, 0.29) is 11.4 Å². The molecule has 0 aromatic heterocycles. The molecule has 1 heterocycles. The molecule has 7 heteroatoms. The molecule has 0 saturated carbocycles. The van der Waals surface area contributed by atoms with Crippen LogP contribution in [0.5, 0.6) is 5.75 Å². The highest BCUT2D eigenvalue weighted by atomic mass is 32.2. The molecule has 1 aliphatic rings. The Kier molecular flexibility index (Phi) is 4.73. The number of anilines is 1. The van der Waals surface area contributed by atoms with Gasteiger partial charge in [-0.05, 0) is 31.5 Å². The van der Waals surface area contributed by atoms with E-state index in [0.29, 0.717) is 23.4 Å². The van der Waals surface area contributed by atoms with Crippen LogP contribution in [-0.4, -0.2) is 33.2 Å². The zero-order chi connectivity index (χ0) is 18.2. The maximum atomic E-state index is 13.2. The number of nitrogens with two attached hydrogens (primary N) is 1. The van der Waals surface area contributed by atoms with E-state index in [4.69, 9.17) is 10.5 Å². The maximum absolute atomic E-state index is 13.2. The normalized spacial score (nSPS) is 20.7. The molecule has 3 N–H and O–H groups in total. The summed E-state index contributed by atoms with van der Waals surface area (Å²) < 4.78 is 32.9. The van der Waals surface area contributed by atoms with Crippen molar-refractivity contribution in [2.24, 2.45) is 5.73 Å². The van der Waals surface area contributed by atoms with Gasteiger partial charge in [-0.15, -0.1) is 0 Å². The fourth-order valence-electron chi connectivity index (χ4n) is 2.98. The van der Waals surface area contributed by atoms with Crippen molar-refractivity contribution >= 4 is 15.7 Å². The Morgan fingerprint density at radius 2 is 1.88 bits per heavy atom. The highest BCUT2D eigenvalue weighted by Crippen LogP contribution is 2.38. The fraction of sp³-hybridized carbons (Fsp3) is 0.333. The summed E-state index contributed by atoms with van der Waals surface area (Å²) in [4.78, 5) is 0.205. The molecule has 2 atom stereocenters. The quantitative estimate of drug-likeness (QED) is 0.871. The second-order valence-corrected chi connectivity index (χ2v) is 8.07. The van der Waals surface area contributed by atoms with Gasteiger partial charge >= 0.3 is 0 Å². The van der Waals surface area contributed by atoms with E-state index in [9.17, 15) is 13.5 Å². The van der Waals surface area contributed by atoms with Crippen molar-refractivity contribution in [3.8, 4) is 5.75 Å². The molecule has 134 valence electrons. The van der Waals surface area contributed by atoms with Crippen LogP contribution in [0.3, 0.4) is 0 Å². The molecule has 0 amide bonds. The lowest BCUT2D eigenvalue weighted by atomic mass is 10.0. The lowest BCUT2D eigenvalue weighted by Gasteiger charge is -2.25. The Bertz CT molecular complexity index is 865. The van der Waals surface area contributed by atoms with Gasteiger partial charge in [-0.25, -0.2) is 8.42 Å². The van der Waals surface area contributed by atoms with Gasteiger partial charge in [-0.2, -0.15) is 0 Å². The van der Waals surface area contributed by atoms with Crippen LogP contribution >= 0.6 is 0 Å². The molecule has 6 nitrogen and oxygen atoms in total. The molecular formula is C18H22N2O4S. The third-order valence-corrected chi connectivity index (χ3v) is 6.33. The van der Waals surface area contributed by atoms with Gasteiger partial charge in [0.05, 0.1) is 23.8 Å². The number of aliphatic hydroxyl groups excluding tert-OH is 1. The summed E-state index contributed by atoms with van der Waals surface area (Å²) >= 11 is 0. The zero-order valence-corrected chi connectivity index (χ0v) is 15.0. The molecule has 0 bridgehead atoms. The largest absolute Gasteiger partial charge is 0.497 e. The SMILES string of the molecule is COc1ccc2c(c1)N(S(=O)(=O)c1ccc(C)cc1)CC[C@@H](N)[C@H]2O. The summed E-state index contributed by atoms with van der Waals surface area (Å²) in [5.74, 6) is 0.519. The summed E-state index contributed by atoms with van der Waals surface area (Å²) in [7, 11) is -2.26. The highest BCUT2D eigenvalue weighted by Gasteiger charge is 2.34. The number of sulfonamides is 1. The van der Waals surface area contributed by atoms with Crippen molar-refractivity contribution in [3.63, 3.8) is 0 Å². The number of aryl methyl sites for hydroxylation is 1. The van der Waals surface area contributed by atoms with Gasteiger partial charge in [-0.1, -0.05) is 23.8 Å². The first kappa shape index (κ1) is 17.7. The Morgan fingerprint density at radius 1 is 1.20 bits per heavy atom. The van der Waals surface area contributed by atoms with Gasteiger partial charge in [0.25, 0.3) is 10.0 Å². The lowest BCUT2D eigenvalue weighted by Crippen LogP contribution is -2.34. The number of hydrogen-bond acceptors (Lipinski definition) is 5. The summed E-state index contributed by atoms with van der Waals surface area (Å²) in [5.41, 5.74) is 7.90. The second-order valence-electron chi connectivity index (χ2n) is 6.21. The van der Waals surface area contributed by atoms with Crippen LogP contribution in [-0.2, 0) is 10.0 Å². The van der Waals surface area contributed by atoms with E-state index in [0.717, 1.165) is 5.56 Å². The minimum atomic E-state index is -3.78. The number of ether oxygens (including phenoxy) is 1. The molecule has 2 aromatic carbocycles. The molecule has 0 aliphatic carbocycles. The van der Waals surface area contributed by atoms with Gasteiger partial charge in [0.1, 0.15) is 5.75 Å². The van der Waals surface area contributed by atoms with E-state index < -0.39 is 22.2 Å². The van der Waals surface area contributed by atoms with Crippen LogP contribution in [0.2, 0.25) is 0 Å². The predicted molar refractivity (Wildman–Crippen MR) is 96.3 cm³/mol. The Hall–Kier alpha value is -2.09. The molecule has 0 spiro atoms. The average molecular weight is 362 g/mol. The molecule has 0 saturated heterocycles. The molecule has 3 rings (SSSR count). The van der Waals surface area contributed by atoms with E-state index in [1.54, 1.807) is 42.5 Å². The smallest absolute Gasteiger partial charge is 0.264 e. The average Bonchev–Trinajstić information content (AvgIpc) is 2.72. The van der Waals surface area contributed by atoms with Crippen molar-refractivity contribution in [1.82, 2.24) is 0 Å². The monoisotopic (exact) mass is 362 g/mol. The minimum Gasteiger partial charge on any atom is -0.497 e. The lowest BCUT2D eigenvalue weighted by molar-refractivity contribution is 0.146. The third kappa shape index (κ3) is 3.22. The van der Waals surface area contributed by atoms with Crippen LogP contribution in [0.25, 0.3) is 0 Å². The fourth-order valence-corrected chi connectivity index (χ4v) is 4.48. The van der Waals surface area contributed by atoms with Crippen molar-refractivity contribution in [2.45, 2.75) is 30.4 Å². The second kappa shape index (κ2) is 6.67. The van der Waals surface area contributed by atoms with Crippen LogP contribution in [0.4, 0.5) is 5.69 Å². The third-order valence-electron chi connectivity index (χ3n) is 4.50. The van der Waals surface area contributed by atoms with Gasteiger partial charge in [-0.3, -0.25) is 4.31 Å². The van der Waals surface area contributed by atoms with E-state index in [1.807, 2.05) is 6.92 Å². The van der Waals surface area contributed by atoms with Crippen LogP contribution in [0.15, 0.2) is 47.4 Å². The Balaban J connectivity index is 2.15. The Morgan fingerprint density at radius 3 is 2.52 bits per heavy atom. The first-order valence-corrected chi connectivity index (χ1v) is 9.49. The van der Waals surface area contributed by atoms with Gasteiger partial charge in [0.15, 0.2) is 0 Å². The number of fused-ring (bicyclic) bond motifs is 1. The first-order chi connectivity index (χ1) is 11.8. The van der Waals surface area contributed by atoms with Gasteiger partial charge in [0, 0.05) is 24.2 Å². The standard InChI is InChI=1S/C18H22N2O4S/c1-12-3-6-14(7-4-12)25(22,23)20-10-9-16(19)18(21)15-8-5-13(24-2)11-17(15)20/h3-8,11,16,18,21H,9-10,19H2,1-2H3/t16-,18+/m1/s1. The molecule has 0 unspecified atom stereocenters. The van der Waals surface area contributed by atoms with Crippen molar-refractivity contribution in [1.29, 1.82) is 0 Å². The summed E-state index contributed by atoms with van der Waals surface area (Å²) in [6.45, 7) is 2.09. The van der Waals surface area contributed by atoms with E-state index >= 15 is 0 Å². The number of methoxy groups -OCH3 is 1. The predicted octanol–water partition coefficient (Wildman–Crippen LogP) is 1.96. The number of nitrogens with zero attached hydrogens (tertiary/aromatic N) is 1. The molecule has 0 radical (unpaired) electrons. The minimum absolute atomic E-state index is 0.189. The number of benzene rings is 2. The Labute approximate surface area is 147 Å². The van der Waals surface area contributed by atoms with Crippen LogP contribution in [0.1, 0.15) is 23.7 Å². The summed E-state index contributed by atoms with van der Waals surface area (Å²) in [6.07, 6.45) is -0.581. The maximum Gasteiger partial charge on any atom is 0.264 e. The zero-order valence-electron chi connectivity index (χ0n) is 14.2. The van der Waals surface area contributed by atoms with Crippen LogP contribution < -0.4 is 14.8 Å². The number of rotatable bonds is 3. The molecule has 25 heavy (non-hydrogen) atoms. The van der Waals surface area contributed by atoms with Crippen molar-refractivity contribution in [3.05, 3.63) is 53.6 Å². The molecule has 1 aliphatic heterocycles. The summed E-state index contributed by atoms with van der Waals surface area (Å²) in [5, 5.41) is 10.5. The van der Waals surface area contributed by atoms with Crippen molar-refractivity contribution < 1.29 is 18.3 Å². The first-order valence-electron chi connectivity index (χ1n) is 8.05. The topological polar surface area (TPSA) is 92.9 Å². The van der Waals surface area contributed by atoms with Crippen LogP contribution in [0, 0.1) is 6.92 Å².